The zero-order valence-electron chi connectivity index (χ0n) is 14.3. The Morgan fingerprint density at radius 1 is 1.32 bits per heavy atom. The molecule has 1 N–H and O–H groups in total. The lowest BCUT2D eigenvalue weighted by Gasteiger charge is -2.22. The highest BCUT2D eigenvalue weighted by Crippen LogP contribution is 2.20. The van der Waals surface area contributed by atoms with Crippen LogP contribution in [0.5, 0.6) is 0 Å². The van der Waals surface area contributed by atoms with E-state index in [4.69, 9.17) is 4.74 Å². The van der Waals surface area contributed by atoms with Gasteiger partial charge in [-0.25, -0.2) is 0 Å². The number of ether oxygens (including phenoxy) is 1. The van der Waals surface area contributed by atoms with Gasteiger partial charge in [0.25, 0.3) is 5.91 Å². The Labute approximate surface area is 146 Å². The number of amides is 1. The number of methoxy groups -OCH3 is 1. The maximum atomic E-state index is 13.0. The van der Waals surface area contributed by atoms with Crippen molar-refractivity contribution in [2.24, 2.45) is 7.05 Å². The van der Waals surface area contributed by atoms with E-state index in [-0.39, 0.29) is 5.91 Å². The van der Waals surface area contributed by atoms with Gasteiger partial charge in [0.2, 0.25) is 0 Å². The van der Waals surface area contributed by atoms with E-state index in [9.17, 15) is 4.79 Å². The number of nitrogens with one attached hydrogen (secondary N) is 1. The van der Waals surface area contributed by atoms with Crippen molar-refractivity contribution in [1.29, 1.82) is 0 Å². The van der Waals surface area contributed by atoms with Gasteiger partial charge in [0.05, 0.1) is 19.0 Å². The number of aromatic nitrogens is 4. The molecule has 0 aliphatic heterocycles. The average molecular weight is 339 g/mol. The normalized spacial score (nSPS) is 10.8. The number of hydrogen-bond donors (Lipinski definition) is 1. The summed E-state index contributed by atoms with van der Waals surface area (Å²) in [6.45, 7) is 1.49. The smallest absolute Gasteiger partial charge is 0.254 e. The van der Waals surface area contributed by atoms with Crippen molar-refractivity contribution in [1.82, 2.24) is 24.9 Å². The summed E-state index contributed by atoms with van der Waals surface area (Å²) in [7, 11) is 3.49. The van der Waals surface area contributed by atoms with Crippen LogP contribution in [-0.2, 0) is 18.3 Å². The third-order valence-corrected chi connectivity index (χ3v) is 3.93. The van der Waals surface area contributed by atoms with Crippen LogP contribution in [0.1, 0.15) is 15.9 Å². The van der Waals surface area contributed by atoms with Gasteiger partial charge in [0.15, 0.2) is 0 Å². The van der Waals surface area contributed by atoms with Crippen LogP contribution < -0.4 is 0 Å². The Morgan fingerprint density at radius 3 is 2.88 bits per heavy atom. The molecule has 0 fully saturated rings. The predicted octanol–water partition coefficient (Wildman–Crippen LogP) is 2.10. The maximum Gasteiger partial charge on any atom is 0.254 e. The molecule has 3 rings (SSSR count). The van der Waals surface area contributed by atoms with Crippen LogP contribution in [-0.4, -0.2) is 51.0 Å². The fraction of sp³-hybridized carbons (Fsp3) is 0.278. The number of rotatable bonds is 7. The second-order valence-corrected chi connectivity index (χ2v) is 5.81. The summed E-state index contributed by atoms with van der Waals surface area (Å²) >= 11 is 0. The van der Waals surface area contributed by atoms with Gasteiger partial charge in [-0.15, -0.1) is 0 Å². The Balaban J connectivity index is 1.82. The van der Waals surface area contributed by atoms with E-state index in [1.54, 1.807) is 29.1 Å². The topological polar surface area (TPSA) is 76.0 Å². The largest absolute Gasteiger partial charge is 0.383 e. The van der Waals surface area contributed by atoms with Gasteiger partial charge in [0.1, 0.15) is 0 Å². The van der Waals surface area contributed by atoms with Crippen LogP contribution >= 0.6 is 0 Å². The average Bonchev–Trinajstić information content (AvgIpc) is 3.30. The summed E-state index contributed by atoms with van der Waals surface area (Å²) in [6, 6.07) is 7.56. The van der Waals surface area contributed by atoms with Crippen LogP contribution in [0.2, 0.25) is 0 Å². The number of benzene rings is 1. The van der Waals surface area contributed by atoms with Crippen LogP contribution in [0.3, 0.4) is 0 Å². The minimum Gasteiger partial charge on any atom is -0.383 e. The number of hydrogen-bond acceptors (Lipinski definition) is 4. The Kier molecular flexibility index (Phi) is 5.25. The van der Waals surface area contributed by atoms with Gasteiger partial charge in [-0.3, -0.25) is 14.6 Å². The van der Waals surface area contributed by atoms with Crippen molar-refractivity contribution in [2.75, 3.05) is 20.3 Å². The first-order valence-electron chi connectivity index (χ1n) is 8.02. The molecule has 0 aliphatic carbocycles. The molecule has 0 saturated carbocycles. The fourth-order valence-electron chi connectivity index (χ4n) is 2.65. The summed E-state index contributed by atoms with van der Waals surface area (Å²) in [5.74, 6) is -0.0359. The van der Waals surface area contributed by atoms with Crippen LogP contribution in [0.25, 0.3) is 11.1 Å². The Bertz CT molecular complexity index is 826. The molecule has 130 valence electrons. The van der Waals surface area contributed by atoms with E-state index in [0.717, 1.165) is 16.7 Å². The molecule has 1 amide bonds. The molecule has 0 aliphatic rings. The highest BCUT2D eigenvalue weighted by molar-refractivity contribution is 5.95. The van der Waals surface area contributed by atoms with Crippen molar-refractivity contribution >= 4 is 5.91 Å². The van der Waals surface area contributed by atoms with Crippen LogP contribution in [0.4, 0.5) is 0 Å². The molecule has 7 nitrogen and oxygen atoms in total. The number of aryl methyl sites for hydroxylation is 1. The molecule has 2 aromatic heterocycles. The number of carbonyl (C=O) groups is 1. The highest BCUT2D eigenvalue weighted by atomic mass is 16.5. The third-order valence-electron chi connectivity index (χ3n) is 3.93. The van der Waals surface area contributed by atoms with Crippen molar-refractivity contribution in [3.05, 3.63) is 60.2 Å². The second kappa shape index (κ2) is 7.76. The maximum absolute atomic E-state index is 13.0. The summed E-state index contributed by atoms with van der Waals surface area (Å²) in [4.78, 5) is 14.8. The molecule has 0 saturated heterocycles. The minimum absolute atomic E-state index is 0.0359. The molecule has 0 atom stereocenters. The number of H-pyrrole nitrogens is 1. The highest BCUT2D eigenvalue weighted by Gasteiger charge is 2.17. The van der Waals surface area contributed by atoms with Crippen molar-refractivity contribution < 1.29 is 9.53 Å². The quantitative estimate of drug-likeness (QED) is 0.715. The molecule has 0 radical (unpaired) electrons. The van der Waals surface area contributed by atoms with E-state index >= 15 is 0 Å². The SMILES string of the molecule is COCCN(Cc1cnn(C)c1)C(=O)c1cccc(-c2cn[nH]c2)c1. The molecule has 0 unspecified atom stereocenters. The molecule has 1 aromatic carbocycles. The minimum atomic E-state index is -0.0359. The standard InChI is InChI=1S/C18H21N5O2/c1-22-12-14(9-21-22)13-23(6-7-25-2)18(24)16-5-3-4-15(8-16)17-10-19-20-11-17/h3-5,8-12H,6-7,13H2,1-2H3,(H,19,20). The molecule has 3 aromatic rings. The third kappa shape index (κ3) is 4.13. The summed E-state index contributed by atoms with van der Waals surface area (Å²) in [5.41, 5.74) is 3.52. The second-order valence-electron chi connectivity index (χ2n) is 5.81. The molecular formula is C18H21N5O2. The van der Waals surface area contributed by atoms with Gasteiger partial charge < -0.3 is 9.64 Å². The molecule has 25 heavy (non-hydrogen) atoms. The van der Waals surface area contributed by atoms with E-state index in [0.29, 0.717) is 25.3 Å². The zero-order valence-corrected chi connectivity index (χ0v) is 14.3. The van der Waals surface area contributed by atoms with Crippen molar-refractivity contribution in [3.8, 4) is 11.1 Å². The number of nitrogens with zero attached hydrogens (tertiary/aromatic N) is 4. The first kappa shape index (κ1) is 16.9. The molecule has 7 heteroatoms. The number of aromatic amines is 1. The summed E-state index contributed by atoms with van der Waals surface area (Å²) in [5, 5.41) is 10.9. The summed E-state index contributed by atoms with van der Waals surface area (Å²) < 4.78 is 6.89. The molecule has 0 spiro atoms. The lowest BCUT2D eigenvalue weighted by Crippen LogP contribution is -2.33. The fourth-order valence-corrected chi connectivity index (χ4v) is 2.65. The molecule has 0 bridgehead atoms. The van der Waals surface area contributed by atoms with E-state index in [1.165, 1.54) is 0 Å². The molecule has 2 heterocycles. The Morgan fingerprint density at radius 2 is 2.20 bits per heavy atom. The van der Waals surface area contributed by atoms with Crippen LogP contribution in [0.15, 0.2) is 49.1 Å². The predicted molar refractivity (Wildman–Crippen MR) is 93.8 cm³/mol. The monoisotopic (exact) mass is 339 g/mol. The van der Waals surface area contributed by atoms with Gasteiger partial charge in [-0.05, 0) is 17.7 Å². The lowest BCUT2D eigenvalue weighted by molar-refractivity contribution is 0.0680. The van der Waals surface area contributed by atoms with E-state index in [1.807, 2.05) is 43.7 Å². The lowest BCUT2D eigenvalue weighted by atomic mass is 10.1. The van der Waals surface area contributed by atoms with Gasteiger partial charge in [-0.2, -0.15) is 10.2 Å². The number of carbonyl (C=O) groups excluding carboxylic acids is 1. The van der Waals surface area contributed by atoms with E-state index < -0.39 is 0 Å². The van der Waals surface area contributed by atoms with Gasteiger partial charge in [0, 0.05) is 56.3 Å². The van der Waals surface area contributed by atoms with Crippen molar-refractivity contribution in [3.63, 3.8) is 0 Å². The Hall–Kier alpha value is -2.93. The summed E-state index contributed by atoms with van der Waals surface area (Å²) in [6.07, 6.45) is 7.23. The van der Waals surface area contributed by atoms with Gasteiger partial charge in [-0.1, -0.05) is 12.1 Å². The first-order valence-corrected chi connectivity index (χ1v) is 8.02. The first-order chi connectivity index (χ1) is 12.2. The van der Waals surface area contributed by atoms with Crippen molar-refractivity contribution in [2.45, 2.75) is 6.54 Å². The molecular weight excluding hydrogens is 318 g/mol. The van der Waals surface area contributed by atoms with E-state index in [2.05, 4.69) is 15.3 Å². The van der Waals surface area contributed by atoms with Crippen LogP contribution in [0, 0.1) is 0 Å². The zero-order chi connectivity index (χ0) is 17.6. The van der Waals surface area contributed by atoms with Gasteiger partial charge >= 0.3 is 0 Å².